The standard InChI is InChI=1S/C51H46N2S.4C2H6/c1-35-21-13-19-31-45(35)52(37-23-9-7-10-24-37)47-33-43-49(41-29-17-15-27-39(41)47)50-42-30-18-16-28-40(42)48(34-44(50)51(43,3)54(4,5)6)53(38-25-11-8-12-26-38)46-32-20-14-22-36(46)2;4*1-2/h7-34H,1-6H3;4*1-2H3. The minimum Gasteiger partial charge on any atom is -0.310 e. The van der Waals surface area contributed by atoms with E-state index < -0.39 is 10.0 Å². The SMILES string of the molecule is CC.CC.CC.CC.Cc1ccccc1N(c1ccccc1)c1cc2c(c3ccccc13)-c1c(cc(N(c3ccccc3)c3ccccc3C)c3ccccc13)C2(C)S(C)(C)C. The molecule has 62 heavy (non-hydrogen) atoms. The highest BCUT2D eigenvalue weighted by Gasteiger charge is 2.48. The highest BCUT2D eigenvalue weighted by Crippen LogP contribution is 2.69. The van der Waals surface area contributed by atoms with Crippen LogP contribution in [0.25, 0.3) is 32.7 Å². The lowest BCUT2D eigenvalue weighted by Crippen LogP contribution is -2.28. The third-order valence-electron chi connectivity index (χ3n) is 11.8. The van der Waals surface area contributed by atoms with Crippen molar-refractivity contribution in [1.82, 2.24) is 0 Å². The number of aryl methyl sites for hydroxylation is 2. The van der Waals surface area contributed by atoms with Gasteiger partial charge in [-0.1, -0.05) is 177 Å². The van der Waals surface area contributed by atoms with Gasteiger partial charge in [0.1, 0.15) is 0 Å². The van der Waals surface area contributed by atoms with Crippen LogP contribution in [0.1, 0.15) is 84.6 Å². The van der Waals surface area contributed by atoms with E-state index in [1.165, 1.54) is 77.7 Å². The summed E-state index contributed by atoms with van der Waals surface area (Å²) in [6.45, 7) is 23.0. The van der Waals surface area contributed by atoms with Crippen molar-refractivity contribution >= 4 is 65.7 Å². The molecular weight excluding hydrogens is 769 g/mol. The summed E-state index contributed by atoms with van der Waals surface area (Å²) in [5.74, 6) is 0. The molecule has 3 heteroatoms. The minimum absolute atomic E-state index is 0.253. The van der Waals surface area contributed by atoms with Gasteiger partial charge in [-0.15, -0.1) is 0 Å². The number of para-hydroxylation sites is 4. The summed E-state index contributed by atoms with van der Waals surface area (Å²) in [5.41, 5.74) is 15.2. The van der Waals surface area contributed by atoms with Crippen LogP contribution >= 0.6 is 10.0 Å². The molecule has 0 atom stereocenters. The van der Waals surface area contributed by atoms with Gasteiger partial charge < -0.3 is 9.80 Å². The zero-order chi connectivity index (χ0) is 45.2. The fourth-order valence-electron chi connectivity index (χ4n) is 8.78. The van der Waals surface area contributed by atoms with Gasteiger partial charge in [0.25, 0.3) is 0 Å². The van der Waals surface area contributed by atoms with Crippen LogP contribution in [0.15, 0.2) is 170 Å². The second-order valence-corrected chi connectivity index (χ2v) is 20.0. The Kier molecular flexibility index (Phi) is 15.9. The van der Waals surface area contributed by atoms with E-state index in [2.05, 4.69) is 219 Å². The Balaban J connectivity index is 0.000000860. The van der Waals surface area contributed by atoms with Crippen LogP contribution in [0.4, 0.5) is 34.1 Å². The zero-order valence-electron chi connectivity index (χ0n) is 40.0. The quantitative estimate of drug-likeness (QED) is 0.158. The molecule has 0 heterocycles. The second-order valence-electron chi connectivity index (χ2n) is 15.5. The number of nitrogens with zero attached hydrogens (tertiary/aromatic N) is 2. The average molecular weight is 839 g/mol. The van der Waals surface area contributed by atoms with Crippen LogP contribution in [-0.2, 0) is 4.75 Å². The molecule has 0 bridgehead atoms. The molecule has 0 aromatic heterocycles. The second kappa shape index (κ2) is 20.9. The summed E-state index contributed by atoms with van der Waals surface area (Å²) in [4.78, 5) is 4.97. The number of hydrogen-bond donors (Lipinski definition) is 0. The molecular formula is C59H70N2S. The van der Waals surface area contributed by atoms with Crippen molar-refractivity contribution in [2.45, 2.75) is 80.9 Å². The molecule has 0 aliphatic heterocycles. The largest absolute Gasteiger partial charge is 0.310 e. The van der Waals surface area contributed by atoms with Crippen molar-refractivity contribution in [3.05, 3.63) is 192 Å². The molecule has 8 aromatic carbocycles. The molecule has 0 N–H and O–H groups in total. The summed E-state index contributed by atoms with van der Waals surface area (Å²) in [6.07, 6.45) is 7.51. The molecule has 8 aromatic rings. The summed E-state index contributed by atoms with van der Waals surface area (Å²) >= 11 is 0. The average Bonchev–Trinajstić information content (AvgIpc) is 3.60. The summed E-state index contributed by atoms with van der Waals surface area (Å²) in [7, 11) is -1.26. The highest BCUT2D eigenvalue weighted by molar-refractivity contribution is 8.33. The Morgan fingerprint density at radius 1 is 0.355 bits per heavy atom. The van der Waals surface area contributed by atoms with Crippen LogP contribution in [0.2, 0.25) is 0 Å². The Hall–Kier alpha value is -5.77. The molecule has 0 radical (unpaired) electrons. The van der Waals surface area contributed by atoms with E-state index in [4.69, 9.17) is 0 Å². The first-order valence-corrected chi connectivity index (χ1v) is 25.7. The third kappa shape index (κ3) is 8.40. The van der Waals surface area contributed by atoms with Crippen molar-refractivity contribution in [2.24, 2.45) is 0 Å². The van der Waals surface area contributed by atoms with Crippen molar-refractivity contribution in [2.75, 3.05) is 28.6 Å². The van der Waals surface area contributed by atoms with Gasteiger partial charge in [-0.05, 0) is 132 Å². The van der Waals surface area contributed by atoms with Gasteiger partial charge in [0, 0.05) is 38.3 Å². The van der Waals surface area contributed by atoms with Crippen molar-refractivity contribution in [1.29, 1.82) is 0 Å². The first kappa shape index (κ1) is 47.3. The Morgan fingerprint density at radius 3 is 0.968 bits per heavy atom. The van der Waals surface area contributed by atoms with E-state index in [9.17, 15) is 0 Å². The third-order valence-corrected chi connectivity index (χ3v) is 14.7. The molecule has 1 aliphatic carbocycles. The fraction of sp³-hybridized carbons (Fsp3) is 0.254. The Bertz CT molecular complexity index is 2510. The lowest BCUT2D eigenvalue weighted by Gasteiger charge is -2.46. The van der Waals surface area contributed by atoms with Crippen LogP contribution in [-0.4, -0.2) is 18.8 Å². The van der Waals surface area contributed by atoms with Crippen molar-refractivity contribution < 1.29 is 0 Å². The van der Waals surface area contributed by atoms with Crippen LogP contribution in [0, 0.1) is 13.8 Å². The minimum atomic E-state index is -1.26. The maximum atomic E-state index is 2.56. The van der Waals surface area contributed by atoms with E-state index in [0.29, 0.717) is 0 Å². The van der Waals surface area contributed by atoms with Crippen LogP contribution in [0.5, 0.6) is 0 Å². The number of fused-ring (bicyclic) bond motifs is 7. The Labute approximate surface area is 376 Å². The summed E-state index contributed by atoms with van der Waals surface area (Å²) < 4.78 is -0.253. The first-order valence-electron chi connectivity index (χ1n) is 22.8. The van der Waals surface area contributed by atoms with Gasteiger partial charge in [0.05, 0.1) is 11.4 Å². The zero-order valence-corrected chi connectivity index (χ0v) is 40.8. The molecule has 9 rings (SSSR count). The maximum absolute atomic E-state index is 2.56. The van der Waals surface area contributed by atoms with Gasteiger partial charge in [-0.3, -0.25) is 0 Å². The van der Waals surface area contributed by atoms with E-state index in [0.717, 1.165) is 11.4 Å². The number of rotatable bonds is 7. The molecule has 0 fully saturated rings. The predicted octanol–water partition coefficient (Wildman–Crippen LogP) is 18.6. The number of benzene rings is 8. The van der Waals surface area contributed by atoms with E-state index in [1.54, 1.807) is 0 Å². The highest BCUT2D eigenvalue weighted by atomic mass is 32.3. The van der Waals surface area contributed by atoms with Gasteiger partial charge in [0.2, 0.25) is 0 Å². The summed E-state index contributed by atoms with van der Waals surface area (Å²) in [5, 5.41) is 5.10. The van der Waals surface area contributed by atoms with Gasteiger partial charge >= 0.3 is 0 Å². The molecule has 2 nitrogen and oxygen atoms in total. The van der Waals surface area contributed by atoms with Gasteiger partial charge in [-0.25, -0.2) is 10.0 Å². The molecule has 0 unspecified atom stereocenters. The predicted molar refractivity (Wildman–Crippen MR) is 283 cm³/mol. The maximum Gasteiger partial charge on any atom is 0.0543 e. The van der Waals surface area contributed by atoms with Gasteiger partial charge in [-0.2, -0.15) is 0 Å². The Morgan fingerprint density at radius 2 is 0.645 bits per heavy atom. The monoisotopic (exact) mass is 839 g/mol. The van der Waals surface area contributed by atoms with Crippen molar-refractivity contribution in [3.8, 4) is 11.1 Å². The van der Waals surface area contributed by atoms with Crippen molar-refractivity contribution in [3.63, 3.8) is 0 Å². The van der Waals surface area contributed by atoms with Crippen LogP contribution in [0.3, 0.4) is 0 Å². The normalized spacial score (nSPS) is 12.1. The molecule has 0 spiro atoms. The van der Waals surface area contributed by atoms with Gasteiger partial charge in [0.15, 0.2) is 0 Å². The number of hydrogen-bond acceptors (Lipinski definition) is 2. The van der Waals surface area contributed by atoms with E-state index in [1.807, 2.05) is 55.4 Å². The molecule has 0 saturated carbocycles. The van der Waals surface area contributed by atoms with E-state index in [-0.39, 0.29) is 4.75 Å². The van der Waals surface area contributed by atoms with Crippen LogP contribution < -0.4 is 9.80 Å². The molecule has 1 aliphatic rings. The molecule has 0 saturated heterocycles. The topological polar surface area (TPSA) is 6.48 Å². The molecule has 0 amide bonds. The fourth-order valence-corrected chi connectivity index (χ4v) is 10.4. The number of anilines is 6. The first-order chi connectivity index (χ1) is 30.2. The van der Waals surface area contributed by atoms with E-state index >= 15 is 0 Å². The summed E-state index contributed by atoms with van der Waals surface area (Å²) in [6, 6.07) is 62.6. The lowest BCUT2D eigenvalue weighted by molar-refractivity contribution is 0.856. The lowest BCUT2D eigenvalue weighted by atomic mass is 9.91. The smallest absolute Gasteiger partial charge is 0.0543 e. The molecule has 322 valence electrons.